The first-order valence-corrected chi connectivity index (χ1v) is 24.8. The number of aliphatic hydroxyl groups excluding tert-OH is 2. The molecule has 78 heavy (non-hydrogen) atoms. The molecule has 2 unspecified atom stereocenters. The highest BCUT2D eigenvalue weighted by Gasteiger charge is 2.32. The van der Waals surface area contributed by atoms with Gasteiger partial charge in [0.25, 0.3) is 0 Å². The number of aryl methyl sites for hydroxylation is 3. The van der Waals surface area contributed by atoms with E-state index in [1.54, 1.807) is 52.5 Å². The fourth-order valence-corrected chi connectivity index (χ4v) is 7.56. The Hall–Kier alpha value is -8.11. The number of hydrogen-bond donors (Lipinski definition) is 6. The van der Waals surface area contributed by atoms with E-state index in [9.17, 15) is 24.6 Å². The highest BCUT2D eigenvalue weighted by molar-refractivity contribution is 6.45. The molecule has 0 bridgehead atoms. The van der Waals surface area contributed by atoms with Crippen LogP contribution in [0.1, 0.15) is 80.7 Å². The van der Waals surface area contributed by atoms with Crippen LogP contribution in [0.3, 0.4) is 0 Å². The molecule has 9 N–H and O–H groups in total. The molecule has 0 amide bonds. The van der Waals surface area contributed by atoms with E-state index in [2.05, 4.69) is 125 Å². The normalized spacial score (nSPS) is 12.1. The minimum Gasteiger partial charge on any atom is -0.497 e. The number of benzene rings is 7. The zero-order chi connectivity index (χ0) is 56.7. The highest BCUT2D eigenvalue weighted by atomic mass is 16.5. The largest absolute Gasteiger partial charge is 0.497 e. The lowest BCUT2D eigenvalue weighted by Crippen LogP contribution is -2.48. The summed E-state index contributed by atoms with van der Waals surface area (Å²) in [6.45, 7) is 10.3. The van der Waals surface area contributed by atoms with Gasteiger partial charge in [-0.15, -0.1) is 0 Å². The molecule has 0 heterocycles. The number of nitrogens with two attached hydrogens (primary N) is 1. The van der Waals surface area contributed by atoms with Gasteiger partial charge in [0, 0.05) is 5.56 Å². The van der Waals surface area contributed by atoms with E-state index in [0.29, 0.717) is 18.4 Å². The van der Waals surface area contributed by atoms with Crippen molar-refractivity contribution in [1.29, 1.82) is 0 Å². The Morgan fingerprint density at radius 3 is 1.36 bits per heavy atom. The Morgan fingerprint density at radius 2 is 0.987 bits per heavy atom. The summed E-state index contributed by atoms with van der Waals surface area (Å²) < 4.78 is 15.4. The Kier molecular flexibility index (Phi) is 25.7. The van der Waals surface area contributed by atoms with Gasteiger partial charge in [0.1, 0.15) is 29.1 Å². The summed E-state index contributed by atoms with van der Waals surface area (Å²) in [5.74, 6) is 0.327. The van der Waals surface area contributed by atoms with Crippen LogP contribution in [-0.2, 0) is 16.0 Å². The van der Waals surface area contributed by atoms with Crippen LogP contribution in [0, 0.1) is 33.1 Å². The van der Waals surface area contributed by atoms with Crippen LogP contribution >= 0.6 is 0 Å². The molecule has 1 radical (unpaired) electrons. The van der Waals surface area contributed by atoms with Gasteiger partial charge in [-0.05, 0) is 169 Å². The molecule has 409 valence electrons. The van der Waals surface area contributed by atoms with E-state index in [1.807, 2.05) is 48.5 Å². The second-order valence-electron chi connectivity index (χ2n) is 18.9. The number of aldehydes is 1. The quantitative estimate of drug-likeness (QED) is 0.0268. The first kappa shape index (κ1) is 64.2. The summed E-state index contributed by atoms with van der Waals surface area (Å²) in [5.41, 5.74) is 18.8. The third-order valence-corrected chi connectivity index (χ3v) is 13.1. The van der Waals surface area contributed by atoms with Gasteiger partial charge in [-0.1, -0.05) is 133 Å². The molecule has 0 saturated heterocycles. The predicted molar refractivity (Wildman–Crippen MR) is 315 cm³/mol. The molecule has 14 heteroatoms. The average Bonchev–Trinajstić information content (AvgIpc) is 3.46. The lowest BCUT2D eigenvalue weighted by Gasteiger charge is -2.21. The number of carboxylic acid groups (broad SMARTS) is 2. The molecule has 0 aliphatic heterocycles. The van der Waals surface area contributed by atoms with Crippen molar-refractivity contribution in [2.45, 2.75) is 59.9 Å². The SMILES string of the molecule is CC(N)(CO)C(=O)O.COc1ccc(-c2cccc(/C=C/c3cc(C=O)ccc3C)c2C)cc1.COc1ccc(-c2cccc(/C=C/c3cc(CCC(C)(CO)C(=O)O)ccc3C)c2C)cc1.COc1ccc([B]O)cc1.O. The maximum Gasteiger partial charge on any atom is 0.326 e. The molecular weight excluding hydrogens is 986 g/mol. The Bertz CT molecular complexity index is 3070. The number of hydrogen-bond acceptors (Lipinski definition) is 10. The van der Waals surface area contributed by atoms with Crippen LogP contribution in [0.4, 0.5) is 0 Å². The maximum absolute atomic E-state index is 11.5. The number of carboxylic acids is 2. The topological polar surface area (TPSA) is 238 Å². The van der Waals surface area contributed by atoms with Gasteiger partial charge in [0.15, 0.2) is 0 Å². The van der Waals surface area contributed by atoms with Crippen molar-refractivity contribution in [1.82, 2.24) is 0 Å². The lowest BCUT2D eigenvalue weighted by atomic mass is 9.84. The standard InChI is InChI=1S/C29H32O4.C24H22O2.C7H8BO2.C4H9NO3.H2O/c1-20-8-9-22(16-17-29(3,19-30)28(31)32)18-25(20)11-10-23-6-5-7-27(21(23)2)24-12-14-26(33-4)15-13-24;1-17-7-8-19(16-25)15-22(17)10-9-20-5-4-6-24(18(20)2)21-11-13-23(26-3)14-12-21;1-10-7-4-2-6(8-9)3-5-7;1-4(5,2-6)3(7)8;/h5-15,18,30H,16-17,19H2,1-4H3,(H,31,32);4-16H,1-3H3;2-5,9H,1H3;6H,2,5H2,1H3,(H,7,8);1H2/b11-10+;10-9+;;;. The van der Waals surface area contributed by atoms with E-state index in [4.69, 9.17) is 35.2 Å². The van der Waals surface area contributed by atoms with Gasteiger partial charge in [-0.2, -0.15) is 0 Å². The molecule has 2 atom stereocenters. The smallest absolute Gasteiger partial charge is 0.326 e. The first-order valence-electron chi connectivity index (χ1n) is 24.8. The minimum absolute atomic E-state index is 0. The zero-order valence-electron chi connectivity index (χ0n) is 45.9. The lowest BCUT2D eigenvalue weighted by molar-refractivity contribution is -0.150. The van der Waals surface area contributed by atoms with Gasteiger partial charge < -0.3 is 50.9 Å². The summed E-state index contributed by atoms with van der Waals surface area (Å²) in [6, 6.07) is 47.9. The predicted octanol–water partition coefficient (Wildman–Crippen LogP) is 10.0. The second kappa shape index (κ2) is 31.2. The van der Waals surface area contributed by atoms with Gasteiger partial charge in [-0.25, -0.2) is 0 Å². The van der Waals surface area contributed by atoms with Crippen LogP contribution in [0.15, 0.2) is 146 Å². The number of carbonyl (C=O) groups is 3. The molecule has 7 aromatic carbocycles. The molecular formula is C64H73BNO12. The summed E-state index contributed by atoms with van der Waals surface area (Å²) in [4.78, 5) is 32.5. The van der Waals surface area contributed by atoms with E-state index >= 15 is 0 Å². The number of aliphatic hydroxyl groups is 2. The third kappa shape index (κ3) is 18.6. The molecule has 0 aliphatic carbocycles. The van der Waals surface area contributed by atoms with Gasteiger partial charge in [-0.3, -0.25) is 14.4 Å². The van der Waals surface area contributed by atoms with Crippen molar-refractivity contribution in [2.24, 2.45) is 11.1 Å². The van der Waals surface area contributed by atoms with Crippen LogP contribution < -0.4 is 25.4 Å². The van der Waals surface area contributed by atoms with Crippen LogP contribution in [0.5, 0.6) is 17.2 Å². The Labute approximate surface area is 459 Å². The monoisotopic (exact) mass is 1060 g/mol. The van der Waals surface area contributed by atoms with E-state index < -0.39 is 29.5 Å². The second-order valence-corrected chi connectivity index (χ2v) is 18.9. The molecule has 0 spiro atoms. The van der Waals surface area contributed by atoms with Crippen molar-refractivity contribution < 1.29 is 59.5 Å². The Morgan fingerprint density at radius 1 is 0.564 bits per heavy atom. The van der Waals surface area contributed by atoms with E-state index in [0.717, 1.165) is 86.6 Å². The highest BCUT2D eigenvalue weighted by Crippen LogP contribution is 2.31. The van der Waals surface area contributed by atoms with Crippen LogP contribution in [-0.4, -0.2) is 96.7 Å². The molecule has 7 aromatic rings. The van der Waals surface area contributed by atoms with Gasteiger partial charge >= 0.3 is 19.4 Å². The summed E-state index contributed by atoms with van der Waals surface area (Å²) in [7, 11) is 6.00. The molecule has 0 aromatic heterocycles. The summed E-state index contributed by atoms with van der Waals surface area (Å²) >= 11 is 0. The number of methoxy groups -OCH3 is 3. The van der Waals surface area contributed by atoms with Crippen molar-refractivity contribution in [3.8, 4) is 39.5 Å². The molecule has 0 aliphatic rings. The van der Waals surface area contributed by atoms with Crippen molar-refractivity contribution in [2.75, 3.05) is 34.5 Å². The van der Waals surface area contributed by atoms with E-state index in [1.165, 1.54) is 29.2 Å². The summed E-state index contributed by atoms with van der Waals surface area (Å²) in [6.07, 6.45) is 10.3. The molecule has 13 nitrogen and oxygen atoms in total. The van der Waals surface area contributed by atoms with Gasteiger partial charge in [0.05, 0.1) is 40.0 Å². The van der Waals surface area contributed by atoms with Crippen molar-refractivity contribution >= 4 is 55.5 Å². The number of rotatable bonds is 18. The van der Waals surface area contributed by atoms with Gasteiger partial charge in [0.2, 0.25) is 0 Å². The van der Waals surface area contributed by atoms with Crippen LogP contribution in [0.2, 0.25) is 0 Å². The molecule has 0 saturated carbocycles. The van der Waals surface area contributed by atoms with Crippen molar-refractivity contribution in [3.63, 3.8) is 0 Å². The number of ether oxygens (including phenoxy) is 3. The number of aliphatic carboxylic acids is 2. The molecule has 0 fully saturated rings. The Balaban J connectivity index is 0.000000313. The van der Waals surface area contributed by atoms with Crippen molar-refractivity contribution in [3.05, 3.63) is 201 Å². The first-order chi connectivity index (χ1) is 36.8. The molecule has 7 rings (SSSR count). The fourth-order valence-electron chi connectivity index (χ4n) is 7.56. The minimum atomic E-state index is -1.49. The average molecular weight is 1060 g/mol. The summed E-state index contributed by atoms with van der Waals surface area (Å²) in [5, 5.41) is 43.9. The number of carbonyl (C=O) groups excluding carboxylic acids is 1. The van der Waals surface area contributed by atoms with E-state index in [-0.39, 0.29) is 12.1 Å². The van der Waals surface area contributed by atoms with Crippen LogP contribution in [0.25, 0.3) is 46.6 Å². The third-order valence-electron chi connectivity index (χ3n) is 13.1. The zero-order valence-corrected chi connectivity index (χ0v) is 45.9. The maximum atomic E-state index is 11.5. The fraction of sp³-hybridized carbons (Fsp3) is 0.234.